The van der Waals surface area contributed by atoms with E-state index in [1.165, 1.54) is 7.11 Å². The fraction of sp³-hybridized carbons (Fsp3) is 0.231. The van der Waals surface area contributed by atoms with Crippen molar-refractivity contribution in [2.75, 3.05) is 7.11 Å². The lowest BCUT2D eigenvalue weighted by atomic mass is 10.0. The first kappa shape index (κ1) is 11.4. The second kappa shape index (κ2) is 5.30. The molecule has 1 aromatic heterocycles. The molecule has 2 rings (SSSR count). The van der Waals surface area contributed by atoms with Crippen molar-refractivity contribution in [3.8, 4) is 11.3 Å². The first-order valence-corrected chi connectivity index (χ1v) is 5.50. The Balaban J connectivity index is 2.15. The number of ether oxygens (including phenoxy) is 1. The van der Waals surface area contributed by atoms with Crippen molar-refractivity contribution in [1.29, 1.82) is 5.41 Å². The van der Waals surface area contributed by atoms with Crippen molar-refractivity contribution >= 4 is 5.90 Å². The molecular weight excluding hydrogens is 214 g/mol. The topological polar surface area (TPSA) is 61.8 Å². The van der Waals surface area contributed by atoms with Gasteiger partial charge in [0.25, 0.3) is 0 Å². The van der Waals surface area contributed by atoms with Crippen LogP contribution >= 0.6 is 0 Å². The Bertz CT molecular complexity index is 490. The zero-order valence-electron chi connectivity index (χ0n) is 9.73. The van der Waals surface area contributed by atoms with Crippen LogP contribution in [0.1, 0.15) is 12.0 Å². The van der Waals surface area contributed by atoms with Crippen LogP contribution in [0.2, 0.25) is 0 Å². The molecule has 88 valence electrons. The maximum atomic E-state index is 7.46. The second-order valence-corrected chi connectivity index (χ2v) is 3.76. The normalized spacial score (nSPS) is 10.2. The van der Waals surface area contributed by atoms with E-state index in [-0.39, 0.29) is 0 Å². The highest BCUT2D eigenvalue weighted by atomic mass is 16.5. The molecule has 1 aromatic carbocycles. The van der Waals surface area contributed by atoms with Gasteiger partial charge in [0.2, 0.25) is 0 Å². The molecule has 17 heavy (non-hydrogen) atoms. The summed E-state index contributed by atoms with van der Waals surface area (Å²) in [6.07, 6.45) is 3.16. The van der Waals surface area contributed by atoms with Crippen molar-refractivity contribution < 1.29 is 4.74 Å². The number of aryl methyl sites for hydroxylation is 1. The lowest BCUT2D eigenvalue weighted by Gasteiger charge is -2.04. The van der Waals surface area contributed by atoms with Crippen LogP contribution in [0.4, 0.5) is 0 Å². The second-order valence-electron chi connectivity index (χ2n) is 3.76. The van der Waals surface area contributed by atoms with Crippen LogP contribution in [0, 0.1) is 5.41 Å². The Hall–Kier alpha value is -2.10. The van der Waals surface area contributed by atoms with Crippen molar-refractivity contribution in [3.05, 3.63) is 42.1 Å². The van der Waals surface area contributed by atoms with Gasteiger partial charge in [-0.15, -0.1) is 0 Å². The minimum atomic E-state index is 0.296. The van der Waals surface area contributed by atoms with E-state index in [1.807, 2.05) is 36.5 Å². The molecular formula is C13H15N3O. The molecule has 0 fully saturated rings. The summed E-state index contributed by atoms with van der Waals surface area (Å²) in [6.45, 7) is 0. The molecule has 2 N–H and O–H groups in total. The Morgan fingerprint density at radius 2 is 2.12 bits per heavy atom. The maximum Gasteiger partial charge on any atom is 0.180 e. The van der Waals surface area contributed by atoms with E-state index < -0.39 is 0 Å². The van der Waals surface area contributed by atoms with Crippen molar-refractivity contribution in [1.82, 2.24) is 10.2 Å². The zero-order valence-corrected chi connectivity index (χ0v) is 9.73. The van der Waals surface area contributed by atoms with Crippen LogP contribution in [-0.2, 0) is 11.2 Å². The summed E-state index contributed by atoms with van der Waals surface area (Å²) in [4.78, 5) is 0. The Morgan fingerprint density at radius 3 is 2.82 bits per heavy atom. The van der Waals surface area contributed by atoms with Crippen LogP contribution in [0.5, 0.6) is 0 Å². The Morgan fingerprint density at radius 1 is 1.35 bits per heavy atom. The van der Waals surface area contributed by atoms with Gasteiger partial charge < -0.3 is 4.74 Å². The van der Waals surface area contributed by atoms with Crippen molar-refractivity contribution in [2.24, 2.45) is 0 Å². The largest absolute Gasteiger partial charge is 0.484 e. The Kier molecular flexibility index (Phi) is 3.55. The summed E-state index contributed by atoms with van der Waals surface area (Å²) in [5.41, 5.74) is 3.25. The van der Waals surface area contributed by atoms with E-state index in [0.717, 1.165) is 23.2 Å². The number of aromatic amines is 1. The highest BCUT2D eigenvalue weighted by Gasteiger charge is 2.08. The number of hydrogen-bond donors (Lipinski definition) is 2. The van der Waals surface area contributed by atoms with Gasteiger partial charge in [0.05, 0.1) is 19.0 Å². The smallest absolute Gasteiger partial charge is 0.180 e. The maximum absolute atomic E-state index is 7.46. The van der Waals surface area contributed by atoms with Crippen LogP contribution in [-0.4, -0.2) is 23.2 Å². The molecule has 0 aliphatic carbocycles. The van der Waals surface area contributed by atoms with Crippen LogP contribution < -0.4 is 0 Å². The number of aromatic nitrogens is 2. The van der Waals surface area contributed by atoms with Gasteiger partial charge in [-0.05, 0) is 17.5 Å². The average molecular weight is 229 g/mol. The number of hydrogen-bond acceptors (Lipinski definition) is 3. The van der Waals surface area contributed by atoms with Gasteiger partial charge >= 0.3 is 0 Å². The fourth-order valence-electron chi connectivity index (χ4n) is 1.71. The number of nitrogens with one attached hydrogen (secondary N) is 2. The third-order valence-corrected chi connectivity index (χ3v) is 2.65. The summed E-state index contributed by atoms with van der Waals surface area (Å²) in [5, 5.41) is 14.5. The third-order valence-electron chi connectivity index (χ3n) is 2.65. The standard InChI is InChI=1S/C13H15N3O/c1-17-12(14)8-7-11-9-15-16-13(11)10-5-3-2-4-6-10/h2-6,9,14H,7-8H2,1H3,(H,15,16). The van der Waals surface area contributed by atoms with Gasteiger partial charge in [0.1, 0.15) is 0 Å². The summed E-state index contributed by atoms with van der Waals surface area (Å²) >= 11 is 0. The summed E-state index contributed by atoms with van der Waals surface area (Å²) in [5.74, 6) is 0.296. The predicted octanol–water partition coefficient (Wildman–Crippen LogP) is 2.63. The highest BCUT2D eigenvalue weighted by Crippen LogP contribution is 2.21. The molecule has 2 aromatic rings. The van der Waals surface area contributed by atoms with Gasteiger partial charge in [-0.3, -0.25) is 10.5 Å². The number of methoxy groups -OCH3 is 1. The number of H-pyrrole nitrogens is 1. The van der Waals surface area contributed by atoms with Gasteiger partial charge in [-0.2, -0.15) is 5.10 Å². The molecule has 0 saturated heterocycles. The van der Waals surface area contributed by atoms with Crippen molar-refractivity contribution in [2.45, 2.75) is 12.8 Å². The molecule has 0 aliphatic rings. The van der Waals surface area contributed by atoms with Gasteiger partial charge in [0, 0.05) is 6.42 Å². The van der Waals surface area contributed by atoms with Crippen molar-refractivity contribution in [3.63, 3.8) is 0 Å². The average Bonchev–Trinajstić information content (AvgIpc) is 2.85. The van der Waals surface area contributed by atoms with Gasteiger partial charge in [-0.1, -0.05) is 30.3 Å². The molecule has 0 atom stereocenters. The SMILES string of the molecule is COC(=N)CCc1cn[nH]c1-c1ccccc1. The molecule has 4 nitrogen and oxygen atoms in total. The molecule has 0 amide bonds. The van der Waals surface area contributed by atoms with Crippen LogP contribution in [0.25, 0.3) is 11.3 Å². The zero-order chi connectivity index (χ0) is 12.1. The summed E-state index contributed by atoms with van der Waals surface area (Å²) < 4.78 is 4.85. The van der Waals surface area contributed by atoms with E-state index in [4.69, 9.17) is 10.1 Å². The highest BCUT2D eigenvalue weighted by molar-refractivity contribution is 5.73. The third kappa shape index (κ3) is 2.72. The summed E-state index contributed by atoms with van der Waals surface area (Å²) in [6, 6.07) is 10.1. The number of nitrogens with zero attached hydrogens (tertiary/aromatic N) is 1. The lowest BCUT2D eigenvalue weighted by molar-refractivity contribution is 0.386. The molecule has 0 saturated carbocycles. The molecule has 0 aliphatic heterocycles. The Labute approximate surface area is 100 Å². The lowest BCUT2D eigenvalue weighted by Crippen LogP contribution is -2.01. The van der Waals surface area contributed by atoms with E-state index >= 15 is 0 Å². The van der Waals surface area contributed by atoms with E-state index in [2.05, 4.69) is 10.2 Å². The molecule has 4 heteroatoms. The first-order valence-electron chi connectivity index (χ1n) is 5.50. The number of rotatable bonds is 4. The minimum Gasteiger partial charge on any atom is -0.484 e. The molecule has 0 unspecified atom stereocenters. The first-order chi connectivity index (χ1) is 8.31. The molecule has 0 spiro atoms. The molecule has 0 radical (unpaired) electrons. The van der Waals surface area contributed by atoms with E-state index in [0.29, 0.717) is 12.3 Å². The van der Waals surface area contributed by atoms with E-state index in [9.17, 15) is 0 Å². The predicted molar refractivity (Wildman–Crippen MR) is 67.1 cm³/mol. The van der Waals surface area contributed by atoms with Gasteiger partial charge in [0.15, 0.2) is 5.90 Å². The van der Waals surface area contributed by atoms with Crippen LogP contribution in [0.15, 0.2) is 36.5 Å². The van der Waals surface area contributed by atoms with Gasteiger partial charge in [-0.25, -0.2) is 0 Å². The van der Waals surface area contributed by atoms with Crippen LogP contribution in [0.3, 0.4) is 0 Å². The monoisotopic (exact) mass is 229 g/mol. The minimum absolute atomic E-state index is 0.296. The molecule has 1 heterocycles. The number of benzene rings is 1. The van der Waals surface area contributed by atoms with E-state index in [1.54, 1.807) is 0 Å². The summed E-state index contributed by atoms with van der Waals surface area (Å²) in [7, 11) is 1.52. The fourth-order valence-corrected chi connectivity index (χ4v) is 1.71. The quantitative estimate of drug-likeness (QED) is 0.625. The molecule has 0 bridgehead atoms.